The number of anilines is 1. The van der Waals surface area contributed by atoms with Gasteiger partial charge in [-0.3, -0.25) is 0 Å². The fourth-order valence-corrected chi connectivity index (χ4v) is 4.19. The standard InChI is InChI=1S/C6H7BrN2O2S2/c7-5-4-8-6(12-5)9-2-1-3-13(9,10)11/h4H,1-3H2. The van der Waals surface area contributed by atoms with Crippen molar-refractivity contribution in [2.45, 2.75) is 6.42 Å². The Morgan fingerprint density at radius 3 is 2.85 bits per heavy atom. The van der Waals surface area contributed by atoms with Crippen LogP contribution in [-0.4, -0.2) is 25.7 Å². The van der Waals surface area contributed by atoms with Crippen LogP contribution in [0.15, 0.2) is 9.98 Å². The normalized spacial score (nSPS) is 20.8. The third-order valence-electron chi connectivity index (χ3n) is 1.78. The SMILES string of the molecule is O=S1(=O)CCCN1c1ncc(Br)s1. The van der Waals surface area contributed by atoms with Crippen LogP contribution >= 0.6 is 27.3 Å². The maximum atomic E-state index is 11.4. The van der Waals surface area contributed by atoms with Crippen LogP contribution in [0, 0.1) is 0 Å². The minimum absolute atomic E-state index is 0.240. The predicted molar refractivity (Wildman–Crippen MR) is 55.6 cm³/mol. The number of halogens is 1. The third-order valence-corrected chi connectivity index (χ3v) is 5.22. The van der Waals surface area contributed by atoms with Crippen molar-refractivity contribution < 1.29 is 8.42 Å². The number of nitrogens with zero attached hydrogens (tertiary/aromatic N) is 2. The minimum Gasteiger partial charge on any atom is -0.245 e. The van der Waals surface area contributed by atoms with Gasteiger partial charge in [-0.1, -0.05) is 11.3 Å². The lowest BCUT2D eigenvalue weighted by Crippen LogP contribution is -2.24. The van der Waals surface area contributed by atoms with Gasteiger partial charge in [0, 0.05) is 6.54 Å². The molecule has 2 heterocycles. The van der Waals surface area contributed by atoms with E-state index in [1.54, 1.807) is 6.20 Å². The fraction of sp³-hybridized carbons (Fsp3) is 0.500. The first-order chi connectivity index (χ1) is 6.09. The fourth-order valence-electron chi connectivity index (χ4n) is 1.22. The van der Waals surface area contributed by atoms with E-state index < -0.39 is 10.0 Å². The Morgan fingerprint density at radius 1 is 1.62 bits per heavy atom. The van der Waals surface area contributed by atoms with Gasteiger partial charge in [-0.25, -0.2) is 17.7 Å². The van der Waals surface area contributed by atoms with Crippen molar-refractivity contribution >= 4 is 42.4 Å². The van der Waals surface area contributed by atoms with Gasteiger partial charge in [0.25, 0.3) is 0 Å². The van der Waals surface area contributed by atoms with Gasteiger partial charge in [-0.15, -0.1) is 0 Å². The molecule has 0 aliphatic carbocycles. The molecule has 13 heavy (non-hydrogen) atoms. The highest BCUT2D eigenvalue weighted by Gasteiger charge is 2.30. The van der Waals surface area contributed by atoms with E-state index in [2.05, 4.69) is 20.9 Å². The summed E-state index contributed by atoms with van der Waals surface area (Å²) in [5, 5.41) is 0.560. The molecule has 0 amide bonds. The summed E-state index contributed by atoms with van der Waals surface area (Å²) in [5.41, 5.74) is 0. The summed E-state index contributed by atoms with van der Waals surface area (Å²) < 4.78 is 25.1. The van der Waals surface area contributed by atoms with Gasteiger partial charge < -0.3 is 0 Å². The summed E-state index contributed by atoms with van der Waals surface area (Å²) in [5.74, 6) is 0.240. The molecule has 1 aliphatic heterocycles. The summed E-state index contributed by atoms with van der Waals surface area (Å²) in [6, 6.07) is 0. The molecule has 1 aromatic rings. The Balaban J connectivity index is 2.37. The lowest BCUT2D eigenvalue weighted by atomic mass is 10.5. The highest BCUT2D eigenvalue weighted by Crippen LogP contribution is 2.30. The molecule has 0 unspecified atom stereocenters. The summed E-state index contributed by atoms with van der Waals surface area (Å²) in [4.78, 5) is 4.01. The van der Waals surface area contributed by atoms with Crippen LogP contribution in [-0.2, 0) is 10.0 Å². The maximum Gasteiger partial charge on any atom is 0.236 e. The molecular weight excluding hydrogens is 276 g/mol. The van der Waals surface area contributed by atoms with Crippen LogP contribution in [0.1, 0.15) is 6.42 Å². The summed E-state index contributed by atoms with van der Waals surface area (Å²) in [6.07, 6.45) is 2.31. The molecule has 1 aromatic heterocycles. The first kappa shape index (κ1) is 9.42. The van der Waals surface area contributed by atoms with Crippen molar-refractivity contribution in [1.29, 1.82) is 0 Å². The molecule has 1 fully saturated rings. The zero-order valence-corrected chi connectivity index (χ0v) is 9.82. The molecule has 0 spiro atoms. The van der Waals surface area contributed by atoms with E-state index in [4.69, 9.17) is 0 Å². The molecule has 1 saturated heterocycles. The zero-order valence-electron chi connectivity index (χ0n) is 6.60. The van der Waals surface area contributed by atoms with Crippen molar-refractivity contribution in [2.75, 3.05) is 16.6 Å². The van der Waals surface area contributed by atoms with Crippen LogP contribution < -0.4 is 4.31 Å². The average molecular weight is 283 g/mol. The quantitative estimate of drug-likeness (QED) is 0.783. The van der Waals surface area contributed by atoms with E-state index in [-0.39, 0.29) is 5.75 Å². The van der Waals surface area contributed by atoms with Crippen LogP contribution in [0.2, 0.25) is 0 Å². The smallest absolute Gasteiger partial charge is 0.236 e. The van der Waals surface area contributed by atoms with E-state index >= 15 is 0 Å². The van der Waals surface area contributed by atoms with Gasteiger partial charge in [0.1, 0.15) is 0 Å². The number of thiazole rings is 1. The molecule has 4 nitrogen and oxygen atoms in total. The Labute approximate surface area is 88.8 Å². The highest BCUT2D eigenvalue weighted by molar-refractivity contribution is 9.11. The molecule has 0 N–H and O–H groups in total. The van der Waals surface area contributed by atoms with E-state index in [0.717, 1.165) is 3.79 Å². The molecule has 1 aliphatic rings. The summed E-state index contributed by atoms with van der Waals surface area (Å²) in [7, 11) is -3.07. The second-order valence-corrected chi connectivity index (χ2v) is 7.09. The summed E-state index contributed by atoms with van der Waals surface area (Å²) in [6.45, 7) is 0.558. The van der Waals surface area contributed by atoms with E-state index in [1.165, 1.54) is 15.6 Å². The Bertz CT molecular complexity index is 414. The molecular formula is C6H7BrN2O2S2. The largest absolute Gasteiger partial charge is 0.245 e. The van der Waals surface area contributed by atoms with Crippen molar-refractivity contribution in [2.24, 2.45) is 0 Å². The van der Waals surface area contributed by atoms with Gasteiger partial charge in [0.2, 0.25) is 10.0 Å². The number of hydrogen-bond donors (Lipinski definition) is 0. The third kappa shape index (κ3) is 1.72. The molecule has 7 heteroatoms. The lowest BCUT2D eigenvalue weighted by Gasteiger charge is -2.11. The Morgan fingerprint density at radius 2 is 2.38 bits per heavy atom. The monoisotopic (exact) mass is 282 g/mol. The number of aromatic nitrogens is 1. The van der Waals surface area contributed by atoms with Crippen LogP contribution in [0.4, 0.5) is 5.13 Å². The van der Waals surface area contributed by atoms with Crippen molar-refractivity contribution in [3.63, 3.8) is 0 Å². The van der Waals surface area contributed by atoms with Crippen molar-refractivity contribution in [3.05, 3.63) is 9.98 Å². The van der Waals surface area contributed by atoms with E-state index in [0.29, 0.717) is 18.1 Å². The predicted octanol–water partition coefficient (Wildman–Crippen LogP) is 1.45. The van der Waals surface area contributed by atoms with Crippen LogP contribution in [0.25, 0.3) is 0 Å². The lowest BCUT2D eigenvalue weighted by molar-refractivity contribution is 0.599. The maximum absolute atomic E-state index is 11.4. The second kappa shape index (κ2) is 3.21. The van der Waals surface area contributed by atoms with Gasteiger partial charge in [-0.05, 0) is 22.4 Å². The first-order valence-electron chi connectivity index (χ1n) is 3.71. The molecule has 0 bridgehead atoms. The average Bonchev–Trinajstić information content (AvgIpc) is 2.56. The number of hydrogen-bond acceptors (Lipinski definition) is 4. The molecule has 0 saturated carbocycles. The van der Waals surface area contributed by atoms with Gasteiger partial charge >= 0.3 is 0 Å². The Kier molecular flexibility index (Phi) is 2.33. The van der Waals surface area contributed by atoms with Gasteiger partial charge in [0.05, 0.1) is 15.7 Å². The first-order valence-corrected chi connectivity index (χ1v) is 6.93. The number of sulfonamides is 1. The van der Waals surface area contributed by atoms with Crippen LogP contribution in [0.5, 0.6) is 0 Å². The van der Waals surface area contributed by atoms with E-state index in [1.807, 2.05) is 0 Å². The van der Waals surface area contributed by atoms with Gasteiger partial charge in [-0.2, -0.15) is 0 Å². The number of rotatable bonds is 1. The molecule has 72 valence electrons. The van der Waals surface area contributed by atoms with Crippen molar-refractivity contribution in [3.8, 4) is 0 Å². The van der Waals surface area contributed by atoms with Gasteiger partial charge in [0.15, 0.2) is 5.13 Å². The molecule has 0 radical (unpaired) electrons. The van der Waals surface area contributed by atoms with E-state index in [9.17, 15) is 8.42 Å². The Hall–Kier alpha value is -0.140. The van der Waals surface area contributed by atoms with Crippen LogP contribution in [0.3, 0.4) is 0 Å². The highest BCUT2D eigenvalue weighted by atomic mass is 79.9. The molecule has 2 rings (SSSR count). The zero-order chi connectivity index (χ0) is 9.47. The van der Waals surface area contributed by atoms with Crippen molar-refractivity contribution in [1.82, 2.24) is 4.98 Å². The topological polar surface area (TPSA) is 50.3 Å². The minimum atomic E-state index is -3.07. The summed E-state index contributed by atoms with van der Waals surface area (Å²) >= 11 is 4.59. The second-order valence-electron chi connectivity index (χ2n) is 2.69. The molecule has 0 atom stereocenters. The molecule has 0 aromatic carbocycles.